The summed E-state index contributed by atoms with van der Waals surface area (Å²) in [4.78, 5) is 8.79. The maximum Gasteiger partial charge on any atom is 0.0892 e. The zero-order chi connectivity index (χ0) is 18.5. The van der Waals surface area contributed by atoms with Crippen molar-refractivity contribution in [2.45, 2.75) is 6.92 Å². The van der Waals surface area contributed by atoms with Crippen molar-refractivity contribution in [3.8, 4) is 22.5 Å². The molecule has 0 N–H and O–H groups in total. The van der Waals surface area contributed by atoms with Gasteiger partial charge in [-0.3, -0.25) is 9.97 Å². The van der Waals surface area contributed by atoms with Gasteiger partial charge in [0.05, 0.1) is 22.8 Å². The standard InChI is InChI=1S/C23H18N4/c1-17-5-9-20(10-6-17)26-27-21-11-7-18(8-12-21)19-13-15-25-23(16-19)22-4-2-3-14-24-22/h2-16H,1H3. The monoisotopic (exact) mass is 350 g/mol. The lowest BCUT2D eigenvalue weighted by atomic mass is 10.0. The van der Waals surface area contributed by atoms with Crippen molar-refractivity contribution in [2.75, 3.05) is 0 Å². The summed E-state index contributed by atoms with van der Waals surface area (Å²) < 4.78 is 0. The van der Waals surface area contributed by atoms with Crippen LogP contribution in [0.4, 0.5) is 11.4 Å². The Balaban J connectivity index is 1.55. The van der Waals surface area contributed by atoms with Crippen molar-refractivity contribution in [2.24, 2.45) is 10.2 Å². The van der Waals surface area contributed by atoms with E-state index in [1.807, 2.05) is 85.1 Å². The first kappa shape index (κ1) is 16.8. The van der Waals surface area contributed by atoms with Gasteiger partial charge in [-0.05, 0) is 66.6 Å². The van der Waals surface area contributed by atoms with E-state index in [-0.39, 0.29) is 0 Å². The average molecular weight is 350 g/mol. The summed E-state index contributed by atoms with van der Waals surface area (Å²) in [5.41, 5.74) is 6.79. The highest BCUT2D eigenvalue weighted by Gasteiger charge is 2.04. The van der Waals surface area contributed by atoms with Gasteiger partial charge in [0, 0.05) is 12.4 Å². The van der Waals surface area contributed by atoms with Gasteiger partial charge in [0.2, 0.25) is 0 Å². The molecule has 0 amide bonds. The molecule has 0 aliphatic carbocycles. The number of aromatic nitrogens is 2. The van der Waals surface area contributed by atoms with Crippen LogP contribution < -0.4 is 0 Å². The number of pyridine rings is 2. The van der Waals surface area contributed by atoms with Gasteiger partial charge in [-0.2, -0.15) is 10.2 Å². The molecule has 4 rings (SSSR count). The fourth-order valence-corrected chi connectivity index (χ4v) is 2.71. The summed E-state index contributed by atoms with van der Waals surface area (Å²) in [5, 5.41) is 8.59. The maximum absolute atomic E-state index is 4.43. The molecule has 0 aliphatic heterocycles. The first-order valence-corrected chi connectivity index (χ1v) is 8.74. The SMILES string of the molecule is Cc1ccc(N=Nc2ccc(-c3ccnc(-c4ccccn4)c3)cc2)cc1. The molecule has 0 aliphatic rings. The molecule has 0 radical (unpaired) electrons. The second kappa shape index (κ2) is 7.70. The van der Waals surface area contributed by atoms with Crippen molar-refractivity contribution in [3.05, 3.63) is 96.8 Å². The van der Waals surface area contributed by atoms with Crippen molar-refractivity contribution >= 4 is 11.4 Å². The summed E-state index contributed by atoms with van der Waals surface area (Å²) in [5.74, 6) is 0. The van der Waals surface area contributed by atoms with E-state index >= 15 is 0 Å². The molecule has 130 valence electrons. The average Bonchev–Trinajstić information content (AvgIpc) is 2.74. The lowest BCUT2D eigenvalue weighted by molar-refractivity contribution is 1.23. The van der Waals surface area contributed by atoms with Crippen molar-refractivity contribution < 1.29 is 0 Å². The predicted octanol–water partition coefficient (Wildman–Crippen LogP) is 6.53. The van der Waals surface area contributed by atoms with E-state index in [9.17, 15) is 0 Å². The minimum Gasteiger partial charge on any atom is -0.255 e. The molecule has 4 heteroatoms. The second-order valence-electron chi connectivity index (χ2n) is 6.23. The Morgan fingerprint density at radius 2 is 1.26 bits per heavy atom. The van der Waals surface area contributed by atoms with Gasteiger partial charge in [0.1, 0.15) is 0 Å². The van der Waals surface area contributed by atoms with Crippen LogP contribution in [0.15, 0.2) is 101 Å². The van der Waals surface area contributed by atoms with Crippen molar-refractivity contribution in [1.82, 2.24) is 9.97 Å². The Morgan fingerprint density at radius 1 is 0.593 bits per heavy atom. The van der Waals surface area contributed by atoms with Gasteiger partial charge in [0.25, 0.3) is 0 Å². The quantitative estimate of drug-likeness (QED) is 0.393. The van der Waals surface area contributed by atoms with Gasteiger partial charge in [-0.25, -0.2) is 0 Å². The Morgan fingerprint density at radius 3 is 1.93 bits per heavy atom. The molecule has 2 aromatic heterocycles. The van der Waals surface area contributed by atoms with E-state index in [0.29, 0.717) is 0 Å². The molecule has 0 unspecified atom stereocenters. The molecule has 2 heterocycles. The smallest absolute Gasteiger partial charge is 0.0892 e. The third-order valence-corrected chi connectivity index (χ3v) is 4.20. The first-order chi connectivity index (χ1) is 13.3. The van der Waals surface area contributed by atoms with E-state index in [1.54, 1.807) is 6.20 Å². The number of nitrogens with zero attached hydrogens (tertiary/aromatic N) is 4. The second-order valence-corrected chi connectivity index (χ2v) is 6.23. The largest absolute Gasteiger partial charge is 0.255 e. The lowest BCUT2D eigenvalue weighted by Crippen LogP contribution is -1.87. The molecule has 27 heavy (non-hydrogen) atoms. The molecular weight excluding hydrogens is 332 g/mol. The van der Waals surface area contributed by atoms with Crippen LogP contribution in [-0.4, -0.2) is 9.97 Å². The van der Waals surface area contributed by atoms with Crippen molar-refractivity contribution in [1.29, 1.82) is 0 Å². The highest BCUT2D eigenvalue weighted by Crippen LogP contribution is 2.26. The van der Waals surface area contributed by atoms with E-state index < -0.39 is 0 Å². The fraction of sp³-hybridized carbons (Fsp3) is 0.0435. The third kappa shape index (κ3) is 4.12. The van der Waals surface area contributed by atoms with Gasteiger partial charge in [-0.1, -0.05) is 35.9 Å². The van der Waals surface area contributed by atoms with Crippen LogP contribution in [0.2, 0.25) is 0 Å². The Kier molecular flexibility index (Phi) is 4.79. The minimum atomic E-state index is 0.818. The number of benzene rings is 2. The molecule has 0 bridgehead atoms. The minimum absolute atomic E-state index is 0.818. The molecule has 2 aromatic carbocycles. The number of rotatable bonds is 4. The number of azo groups is 1. The van der Waals surface area contributed by atoms with Crippen LogP contribution in [0, 0.1) is 6.92 Å². The zero-order valence-electron chi connectivity index (χ0n) is 14.9. The summed E-state index contributed by atoms with van der Waals surface area (Å²) in [6, 6.07) is 25.9. The van der Waals surface area contributed by atoms with Gasteiger partial charge in [0.15, 0.2) is 0 Å². The molecule has 4 nitrogen and oxygen atoms in total. The van der Waals surface area contributed by atoms with Crippen LogP contribution in [-0.2, 0) is 0 Å². The molecule has 0 spiro atoms. The number of hydrogen-bond acceptors (Lipinski definition) is 4. The summed E-state index contributed by atoms with van der Waals surface area (Å²) in [7, 11) is 0. The van der Waals surface area contributed by atoms with Crippen LogP contribution in [0.5, 0.6) is 0 Å². The predicted molar refractivity (Wildman–Crippen MR) is 108 cm³/mol. The van der Waals surface area contributed by atoms with Crippen LogP contribution in [0.1, 0.15) is 5.56 Å². The highest BCUT2D eigenvalue weighted by atomic mass is 15.1. The van der Waals surface area contributed by atoms with E-state index in [0.717, 1.165) is 33.9 Å². The maximum atomic E-state index is 4.43. The van der Waals surface area contributed by atoms with Gasteiger partial charge in [-0.15, -0.1) is 0 Å². The van der Waals surface area contributed by atoms with E-state index in [2.05, 4.69) is 27.1 Å². The summed E-state index contributed by atoms with van der Waals surface area (Å²) in [6.07, 6.45) is 3.59. The van der Waals surface area contributed by atoms with Gasteiger partial charge < -0.3 is 0 Å². The zero-order valence-corrected chi connectivity index (χ0v) is 14.9. The molecular formula is C23H18N4. The lowest BCUT2D eigenvalue weighted by Gasteiger charge is -2.05. The number of hydrogen-bond donors (Lipinski definition) is 0. The Bertz CT molecular complexity index is 1050. The summed E-state index contributed by atoms with van der Waals surface area (Å²) >= 11 is 0. The molecule has 0 saturated heterocycles. The van der Waals surface area contributed by atoms with E-state index in [4.69, 9.17) is 0 Å². The molecule has 0 fully saturated rings. The van der Waals surface area contributed by atoms with Crippen LogP contribution in [0.25, 0.3) is 22.5 Å². The van der Waals surface area contributed by atoms with Gasteiger partial charge >= 0.3 is 0 Å². The first-order valence-electron chi connectivity index (χ1n) is 8.74. The van der Waals surface area contributed by atoms with Crippen molar-refractivity contribution in [3.63, 3.8) is 0 Å². The normalized spacial score (nSPS) is 11.0. The topological polar surface area (TPSA) is 50.5 Å². The number of aryl methyl sites for hydroxylation is 1. The Hall–Kier alpha value is -3.66. The molecule has 0 saturated carbocycles. The van der Waals surface area contributed by atoms with E-state index in [1.165, 1.54) is 5.56 Å². The third-order valence-electron chi connectivity index (χ3n) is 4.20. The van der Waals surface area contributed by atoms with Crippen LogP contribution >= 0.6 is 0 Å². The summed E-state index contributed by atoms with van der Waals surface area (Å²) in [6.45, 7) is 2.05. The highest BCUT2D eigenvalue weighted by molar-refractivity contribution is 5.69. The molecule has 0 atom stereocenters. The molecule has 4 aromatic rings. The fourth-order valence-electron chi connectivity index (χ4n) is 2.71. The van der Waals surface area contributed by atoms with Crippen LogP contribution in [0.3, 0.4) is 0 Å². The Labute approximate surface area is 158 Å².